The monoisotopic (exact) mass is 834 g/mol. The summed E-state index contributed by atoms with van der Waals surface area (Å²) in [5, 5.41) is 5.88. The summed E-state index contributed by atoms with van der Waals surface area (Å²) in [5.74, 6) is 0.965. The minimum absolute atomic E-state index is 0. The fraction of sp³-hybridized carbons (Fsp3) is 0.471. The van der Waals surface area contributed by atoms with Crippen LogP contribution in [0.1, 0.15) is 24.0 Å². The van der Waals surface area contributed by atoms with Gasteiger partial charge in [-0.25, -0.2) is 0 Å². The number of nitrogens with one attached hydrogen (secondary N) is 2. The molecule has 2 amide bonds. The van der Waals surface area contributed by atoms with Gasteiger partial charge in [0.2, 0.25) is 0 Å². The number of amides is 2. The summed E-state index contributed by atoms with van der Waals surface area (Å²) in [4.78, 5) is 24.9. The van der Waals surface area contributed by atoms with E-state index in [0.717, 1.165) is 57.2 Å². The summed E-state index contributed by atoms with van der Waals surface area (Å²) in [6.45, 7) is 10.8. The van der Waals surface area contributed by atoms with E-state index in [0.29, 0.717) is 37.4 Å². The van der Waals surface area contributed by atoms with Crippen molar-refractivity contribution in [1.82, 2.24) is 10.6 Å². The average molecular weight is 835 g/mol. The molecule has 0 spiro atoms. The number of hydrogen-bond donors (Lipinski definition) is 2. The number of hydrogen-bond acceptors (Lipinski definition) is 4. The Hall–Kier alpha value is -2.16. The first-order valence-electron chi connectivity index (χ1n) is 14.7. The van der Waals surface area contributed by atoms with Crippen molar-refractivity contribution in [3.8, 4) is 22.6 Å². The molecule has 0 aliphatic carbocycles. The van der Waals surface area contributed by atoms with E-state index in [-0.39, 0.29) is 73.0 Å². The van der Waals surface area contributed by atoms with Crippen LogP contribution in [0.25, 0.3) is 11.1 Å². The molecule has 2 aromatic rings. The van der Waals surface area contributed by atoms with Crippen LogP contribution in [-0.2, 0) is 22.4 Å². The van der Waals surface area contributed by atoms with Gasteiger partial charge < -0.3 is 77.0 Å². The number of allylic oxidation sites excluding steroid dienone is 2. The van der Waals surface area contributed by atoms with Crippen LogP contribution in [0.2, 0.25) is 0 Å². The highest BCUT2D eigenvalue weighted by molar-refractivity contribution is 5.79. The Bertz CT molecular complexity index is 1210. The number of ether oxygens (including phenoxy) is 2. The van der Waals surface area contributed by atoms with E-state index in [1.165, 1.54) is 0 Å². The van der Waals surface area contributed by atoms with Crippen molar-refractivity contribution in [2.75, 3.05) is 81.7 Å². The van der Waals surface area contributed by atoms with Gasteiger partial charge in [-0.05, 0) is 53.8 Å². The summed E-state index contributed by atoms with van der Waals surface area (Å²) >= 11 is 0. The Morgan fingerprint density at radius 1 is 0.727 bits per heavy atom. The van der Waals surface area contributed by atoms with Crippen molar-refractivity contribution in [2.24, 2.45) is 0 Å². The van der Waals surface area contributed by atoms with Crippen LogP contribution in [0.5, 0.6) is 11.5 Å². The van der Waals surface area contributed by atoms with Gasteiger partial charge in [-0.1, -0.05) is 24.3 Å². The van der Waals surface area contributed by atoms with Gasteiger partial charge in [-0.3, -0.25) is 9.59 Å². The summed E-state index contributed by atoms with van der Waals surface area (Å²) < 4.78 is 13.6. The molecule has 0 saturated carbocycles. The lowest BCUT2D eigenvalue weighted by Gasteiger charge is -2.23. The molecule has 0 aromatic heterocycles. The molecule has 0 unspecified atom stereocenters. The molecule has 8 nitrogen and oxygen atoms in total. The van der Waals surface area contributed by atoms with E-state index in [1.54, 1.807) is 0 Å². The van der Waals surface area contributed by atoms with Crippen molar-refractivity contribution >= 4 is 11.8 Å². The van der Waals surface area contributed by atoms with Crippen molar-refractivity contribution in [3.05, 3.63) is 72.8 Å². The SMILES string of the molecule is C=CCc1ccc(OCC(=O)NCCC[N+](C)(C)C)c(-c2ccc(OCC(=O)NCCC[N+](C)(C)C)c(CC=C)c2)c1.[I-].[I-]. The number of halogens is 2. The van der Waals surface area contributed by atoms with E-state index in [2.05, 4.69) is 72.1 Å². The van der Waals surface area contributed by atoms with Crippen LogP contribution in [0.3, 0.4) is 0 Å². The summed E-state index contributed by atoms with van der Waals surface area (Å²) in [5.41, 5.74) is 3.80. The maximum absolute atomic E-state index is 12.5. The largest absolute Gasteiger partial charge is 1.00 e. The van der Waals surface area contributed by atoms with Crippen LogP contribution >= 0.6 is 0 Å². The van der Waals surface area contributed by atoms with Gasteiger partial charge in [0.15, 0.2) is 13.2 Å². The third kappa shape index (κ3) is 16.8. The van der Waals surface area contributed by atoms with Crippen LogP contribution in [0.15, 0.2) is 61.7 Å². The van der Waals surface area contributed by atoms with Gasteiger partial charge in [0.25, 0.3) is 11.8 Å². The molecule has 0 atom stereocenters. The molecule has 44 heavy (non-hydrogen) atoms. The van der Waals surface area contributed by atoms with E-state index < -0.39 is 0 Å². The lowest BCUT2D eigenvalue weighted by atomic mass is 9.97. The zero-order chi connectivity index (χ0) is 31.2. The molecule has 2 rings (SSSR count). The molecule has 0 saturated heterocycles. The molecule has 10 heteroatoms. The van der Waals surface area contributed by atoms with Crippen LogP contribution < -0.4 is 68.1 Å². The van der Waals surface area contributed by atoms with E-state index in [9.17, 15) is 9.59 Å². The molecular weight excluding hydrogens is 782 g/mol. The molecule has 2 aromatic carbocycles. The number of quaternary nitrogens is 2. The maximum atomic E-state index is 12.5. The van der Waals surface area contributed by atoms with E-state index in [1.807, 2.05) is 42.5 Å². The number of carbonyl (C=O) groups is 2. The quantitative estimate of drug-likeness (QED) is 0.0745. The molecule has 0 bridgehead atoms. The highest BCUT2D eigenvalue weighted by Crippen LogP contribution is 2.34. The average Bonchev–Trinajstić information content (AvgIpc) is 2.91. The molecule has 0 aliphatic heterocycles. The molecule has 0 aliphatic rings. The Balaban J connectivity index is 0.00000924. The number of benzene rings is 2. The molecule has 0 fully saturated rings. The predicted octanol–water partition coefficient (Wildman–Crippen LogP) is -2.00. The lowest BCUT2D eigenvalue weighted by molar-refractivity contribution is -0.870. The number of carbonyl (C=O) groups excluding carboxylic acids is 2. The molecule has 0 heterocycles. The van der Waals surface area contributed by atoms with Gasteiger partial charge in [-0.15, -0.1) is 13.2 Å². The first kappa shape index (κ1) is 41.8. The van der Waals surface area contributed by atoms with Crippen LogP contribution in [0, 0.1) is 0 Å². The Morgan fingerprint density at radius 3 is 1.73 bits per heavy atom. The zero-order valence-electron chi connectivity index (χ0n) is 27.4. The lowest BCUT2D eigenvalue weighted by Crippen LogP contribution is -3.00. The third-order valence-corrected chi connectivity index (χ3v) is 6.53. The molecular formula is C34H52I2N4O4. The van der Waals surface area contributed by atoms with Crippen molar-refractivity contribution in [2.45, 2.75) is 25.7 Å². The fourth-order valence-electron chi connectivity index (χ4n) is 4.38. The zero-order valence-corrected chi connectivity index (χ0v) is 31.7. The summed E-state index contributed by atoms with van der Waals surface area (Å²) in [6, 6.07) is 11.8. The summed E-state index contributed by atoms with van der Waals surface area (Å²) in [6.07, 6.45) is 6.76. The number of nitrogens with zero attached hydrogens (tertiary/aromatic N) is 2. The highest BCUT2D eigenvalue weighted by Gasteiger charge is 2.14. The van der Waals surface area contributed by atoms with Crippen LogP contribution in [0.4, 0.5) is 0 Å². The van der Waals surface area contributed by atoms with Gasteiger partial charge in [0.1, 0.15) is 11.5 Å². The highest BCUT2D eigenvalue weighted by atomic mass is 127. The fourth-order valence-corrected chi connectivity index (χ4v) is 4.38. The second-order valence-corrected chi connectivity index (χ2v) is 12.7. The van der Waals surface area contributed by atoms with Crippen molar-refractivity contribution in [3.63, 3.8) is 0 Å². The van der Waals surface area contributed by atoms with Gasteiger partial charge >= 0.3 is 0 Å². The first-order chi connectivity index (χ1) is 19.8. The molecule has 2 N–H and O–H groups in total. The minimum atomic E-state index is -0.149. The van der Waals surface area contributed by atoms with E-state index in [4.69, 9.17) is 9.47 Å². The Labute approximate surface area is 299 Å². The minimum Gasteiger partial charge on any atom is -1.00 e. The Kier molecular flexibility index (Phi) is 19.8. The molecule has 246 valence electrons. The van der Waals surface area contributed by atoms with Gasteiger partial charge in [0, 0.05) is 31.5 Å². The third-order valence-electron chi connectivity index (χ3n) is 6.53. The second-order valence-electron chi connectivity index (χ2n) is 12.7. The maximum Gasteiger partial charge on any atom is 0.257 e. The summed E-state index contributed by atoms with van der Waals surface area (Å²) in [7, 11) is 12.8. The normalized spacial score (nSPS) is 11.0. The topological polar surface area (TPSA) is 76.7 Å². The standard InChI is InChI=1S/C34H50N4O4.2HI/c1-9-13-27-15-17-32(42-26-34(40)36-20-12-22-38(6,7)8)30(23-27)28-16-18-31(29(24-28)14-10-2)41-25-33(39)35-19-11-21-37(3,4)5;;/h9-10,15-18,23-24H,1-2,11-14,19-22,25-26H2,3-8H3;2*1H. The first-order valence-corrected chi connectivity index (χ1v) is 14.7. The predicted molar refractivity (Wildman–Crippen MR) is 172 cm³/mol. The van der Waals surface area contributed by atoms with Gasteiger partial charge in [-0.2, -0.15) is 0 Å². The molecule has 0 radical (unpaired) electrons. The smallest absolute Gasteiger partial charge is 0.257 e. The van der Waals surface area contributed by atoms with Crippen LogP contribution in [-0.4, -0.2) is 102 Å². The number of rotatable bonds is 19. The Morgan fingerprint density at radius 2 is 1.23 bits per heavy atom. The van der Waals surface area contributed by atoms with Crippen molar-refractivity contribution < 1.29 is 76.0 Å². The van der Waals surface area contributed by atoms with E-state index >= 15 is 0 Å². The second kappa shape index (κ2) is 20.8. The van der Waals surface area contributed by atoms with Gasteiger partial charge in [0.05, 0.1) is 55.4 Å². The van der Waals surface area contributed by atoms with Crippen molar-refractivity contribution in [1.29, 1.82) is 0 Å².